The zero-order valence-electron chi connectivity index (χ0n) is 7.76. The van der Waals surface area contributed by atoms with Crippen molar-refractivity contribution in [3.05, 3.63) is 46.5 Å². The van der Waals surface area contributed by atoms with Crippen LogP contribution in [0.3, 0.4) is 0 Å². The summed E-state index contributed by atoms with van der Waals surface area (Å²) in [5.74, 6) is -0.406. The highest BCUT2D eigenvalue weighted by atomic mass is 79.9. The van der Waals surface area contributed by atoms with E-state index in [9.17, 15) is 9.90 Å². The SMILES string of the molecule is O=C1C=C[C@H]([C@H](O)c2ccc(Br)cc2)O1. The number of cyclic esters (lactones) is 1. The first-order chi connectivity index (χ1) is 7.16. The highest BCUT2D eigenvalue weighted by molar-refractivity contribution is 9.10. The maximum absolute atomic E-state index is 10.8. The minimum atomic E-state index is -0.805. The second-order valence-corrected chi connectivity index (χ2v) is 4.17. The van der Waals surface area contributed by atoms with E-state index in [1.807, 2.05) is 12.1 Å². The van der Waals surface area contributed by atoms with Crippen molar-refractivity contribution in [3.8, 4) is 0 Å². The largest absolute Gasteiger partial charge is 0.452 e. The number of carbonyl (C=O) groups is 1. The van der Waals surface area contributed by atoms with Gasteiger partial charge in [0.25, 0.3) is 0 Å². The number of rotatable bonds is 2. The van der Waals surface area contributed by atoms with E-state index in [1.54, 1.807) is 18.2 Å². The fourth-order valence-electron chi connectivity index (χ4n) is 1.41. The molecule has 3 nitrogen and oxygen atoms in total. The highest BCUT2D eigenvalue weighted by Gasteiger charge is 2.25. The molecule has 1 aliphatic rings. The van der Waals surface area contributed by atoms with Gasteiger partial charge in [0.1, 0.15) is 6.10 Å². The number of hydrogen-bond acceptors (Lipinski definition) is 3. The fraction of sp³-hybridized carbons (Fsp3) is 0.182. The van der Waals surface area contributed by atoms with Crippen LogP contribution >= 0.6 is 15.9 Å². The molecule has 0 radical (unpaired) electrons. The molecule has 15 heavy (non-hydrogen) atoms. The summed E-state index contributed by atoms with van der Waals surface area (Å²) in [5, 5.41) is 9.89. The minimum Gasteiger partial charge on any atom is -0.452 e. The first-order valence-electron chi connectivity index (χ1n) is 4.49. The van der Waals surface area contributed by atoms with Gasteiger partial charge in [0, 0.05) is 10.5 Å². The molecule has 78 valence electrons. The molecule has 4 heteroatoms. The third-order valence-electron chi connectivity index (χ3n) is 2.20. The molecule has 1 aliphatic heterocycles. The van der Waals surface area contributed by atoms with Crippen LogP contribution in [0.4, 0.5) is 0 Å². The first kappa shape index (κ1) is 10.4. The van der Waals surface area contributed by atoms with E-state index >= 15 is 0 Å². The number of ether oxygens (including phenoxy) is 1. The van der Waals surface area contributed by atoms with Crippen molar-refractivity contribution < 1.29 is 14.6 Å². The summed E-state index contributed by atoms with van der Waals surface area (Å²) in [4.78, 5) is 10.8. The Hall–Kier alpha value is -1.13. The molecule has 1 aromatic rings. The number of carbonyl (C=O) groups excluding carboxylic acids is 1. The number of aliphatic hydroxyl groups is 1. The average molecular weight is 269 g/mol. The number of aliphatic hydroxyl groups excluding tert-OH is 1. The van der Waals surface area contributed by atoms with Gasteiger partial charge >= 0.3 is 5.97 Å². The van der Waals surface area contributed by atoms with Gasteiger partial charge in [-0.05, 0) is 23.8 Å². The Bertz CT molecular complexity index is 397. The van der Waals surface area contributed by atoms with Crippen LogP contribution < -0.4 is 0 Å². The Kier molecular flexibility index (Phi) is 2.88. The second kappa shape index (κ2) is 4.16. The molecule has 0 spiro atoms. The van der Waals surface area contributed by atoms with Crippen molar-refractivity contribution in [2.24, 2.45) is 0 Å². The third-order valence-corrected chi connectivity index (χ3v) is 2.73. The molecule has 0 aromatic heterocycles. The number of halogens is 1. The van der Waals surface area contributed by atoms with Crippen molar-refractivity contribution >= 4 is 21.9 Å². The molecule has 2 atom stereocenters. The van der Waals surface area contributed by atoms with Gasteiger partial charge in [-0.3, -0.25) is 0 Å². The molecule has 1 heterocycles. The Balaban J connectivity index is 2.14. The van der Waals surface area contributed by atoms with Crippen LogP contribution in [0.2, 0.25) is 0 Å². The van der Waals surface area contributed by atoms with Crippen LogP contribution in [0.5, 0.6) is 0 Å². The molecule has 1 aromatic carbocycles. The average Bonchev–Trinajstić information content (AvgIpc) is 2.65. The molecule has 0 saturated heterocycles. The van der Waals surface area contributed by atoms with Crippen molar-refractivity contribution in [2.75, 3.05) is 0 Å². The van der Waals surface area contributed by atoms with Crippen LogP contribution in [0.15, 0.2) is 40.9 Å². The lowest BCUT2D eigenvalue weighted by molar-refractivity contribution is -0.142. The molecule has 0 fully saturated rings. The van der Waals surface area contributed by atoms with Gasteiger partial charge in [0.15, 0.2) is 6.10 Å². The van der Waals surface area contributed by atoms with Gasteiger partial charge in [-0.2, -0.15) is 0 Å². The highest BCUT2D eigenvalue weighted by Crippen LogP contribution is 2.24. The van der Waals surface area contributed by atoms with Crippen LogP contribution in [0, 0.1) is 0 Å². The molecular formula is C11H9BrO3. The van der Waals surface area contributed by atoms with E-state index in [2.05, 4.69) is 15.9 Å². The van der Waals surface area contributed by atoms with Crippen molar-refractivity contribution in [1.29, 1.82) is 0 Å². The number of hydrogen-bond donors (Lipinski definition) is 1. The van der Waals surface area contributed by atoms with Crippen LogP contribution in [0.25, 0.3) is 0 Å². The van der Waals surface area contributed by atoms with Gasteiger partial charge in [0.05, 0.1) is 0 Å². The molecule has 0 saturated carbocycles. The van der Waals surface area contributed by atoms with E-state index < -0.39 is 18.2 Å². The molecule has 0 aliphatic carbocycles. The Morgan fingerprint density at radius 3 is 2.53 bits per heavy atom. The smallest absolute Gasteiger partial charge is 0.331 e. The standard InChI is InChI=1S/C11H9BrO3/c12-8-3-1-7(2-4-8)11(14)9-5-6-10(13)15-9/h1-6,9,11,14H/t9-,11-/m1/s1. The third kappa shape index (κ3) is 2.27. The summed E-state index contributed by atoms with van der Waals surface area (Å²) in [6.45, 7) is 0. The minimum absolute atomic E-state index is 0.406. The lowest BCUT2D eigenvalue weighted by atomic mass is 10.1. The molecule has 1 N–H and O–H groups in total. The monoisotopic (exact) mass is 268 g/mol. The van der Waals surface area contributed by atoms with Gasteiger partial charge < -0.3 is 9.84 Å². The Morgan fingerprint density at radius 1 is 1.33 bits per heavy atom. The maximum atomic E-state index is 10.8. The van der Waals surface area contributed by atoms with Crippen molar-refractivity contribution in [1.82, 2.24) is 0 Å². The number of esters is 1. The van der Waals surface area contributed by atoms with E-state index in [-0.39, 0.29) is 0 Å². The van der Waals surface area contributed by atoms with Crippen LogP contribution in [-0.4, -0.2) is 17.2 Å². The summed E-state index contributed by atoms with van der Waals surface area (Å²) in [6, 6.07) is 7.24. The van der Waals surface area contributed by atoms with Gasteiger partial charge in [-0.15, -0.1) is 0 Å². The normalized spacial score (nSPS) is 21.5. The topological polar surface area (TPSA) is 46.5 Å². The molecular weight excluding hydrogens is 260 g/mol. The second-order valence-electron chi connectivity index (χ2n) is 3.26. The predicted octanol–water partition coefficient (Wildman–Crippen LogP) is 1.96. The zero-order valence-corrected chi connectivity index (χ0v) is 9.35. The molecule has 0 amide bonds. The van der Waals surface area contributed by atoms with Crippen LogP contribution in [0.1, 0.15) is 11.7 Å². The summed E-state index contributed by atoms with van der Waals surface area (Å²) in [5.41, 5.74) is 0.725. The lowest BCUT2D eigenvalue weighted by Crippen LogP contribution is -2.18. The van der Waals surface area contributed by atoms with E-state index in [1.165, 1.54) is 6.08 Å². The number of benzene rings is 1. The lowest BCUT2D eigenvalue weighted by Gasteiger charge is -2.16. The molecule has 0 bridgehead atoms. The first-order valence-corrected chi connectivity index (χ1v) is 5.28. The summed E-state index contributed by atoms with van der Waals surface area (Å²) in [6.07, 6.45) is 1.52. The zero-order chi connectivity index (χ0) is 10.8. The van der Waals surface area contributed by atoms with Crippen molar-refractivity contribution in [2.45, 2.75) is 12.2 Å². The quantitative estimate of drug-likeness (QED) is 0.835. The summed E-state index contributed by atoms with van der Waals surface area (Å²) >= 11 is 3.31. The Morgan fingerprint density at radius 2 is 2.00 bits per heavy atom. The molecule has 2 rings (SSSR count). The predicted molar refractivity (Wildman–Crippen MR) is 58.1 cm³/mol. The van der Waals surface area contributed by atoms with E-state index in [0.717, 1.165) is 10.0 Å². The van der Waals surface area contributed by atoms with Crippen LogP contribution in [-0.2, 0) is 9.53 Å². The fourth-order valence-corrected chi connectivity index (χ4v) is 1.67. The van der Waals surface area contributed by atoms with Gasteiger partial charge in [0.2, 0.25) is 0 Å². The molecule has 0 unspecified atom stereocenters. The summed E-state index contributed by atoms with van der Waals surface area (Å²) in [7, 11) is 0. The van der Waals surface area contributed by atoms with E-state index in [4.69, 9.17) is 4.74 Å². The van der Waals surface area contributed by atoms with Gasteiger partial charge in [-0.25, -0.2) is 4.79 Å². The maximum Gasteiger partial charge on any atom is 0.331 e. The summed E-state index contributed by atoms with van der Waals surface area (Å²) < 4.78 is 5.84. The van der Waals surface area contributed by atoms with E-state index in [0.29, 0.717) is 0 Å². The Labute approximate surface area is 95.5 Å². The van der Waals surface area contributed by atoms with Crippen molar-refractivity contribution in [3.63, 3.8) is 0 Å². The van der Waals surface area contributed by atoms with Gasteiger partial charge in [-0.1, -0.05) is 28.1 Å².